The Labute approximate surface area is 303 Å². The fourth-order valence-electron chi connectivity index (χ4n) is 6.72. The van der Waals surface area contributed by atoms with Gasteiger partial charge in [-0.1, -0.05) is 26.0 Å². The largest absolute Gasteiger partial charge is 0.433 e. The van der Waals surface area contributed by atoms with E-state index in [0.717, 1.165) is 49.2 Å². The second kappa shape index (κ2) is 13.8. The quantitative estimate of drug-likeness (QED) is 0.152. The maximum atomic E-state index is 12.8. The summed E-state index contributed by atoms with van der Waals surface area (Å²) in [6.45, 7) is 7.20. The van der Waals surface area contributed by atoms with Crippen LogP contribution in [-0.4, -0.2) is 49.5 Å². The van der Waals surface area contributed by atoms with Crippen molar-refractivity contribution < 1.29 is 26.3 Å². The standard InChI is InChI=1S/2C18H18F3N5O/c2*1-3-12(11-6-7-13(22-8-11)18(19,20)21)26-16-14(15(25-26)10-4-5-10)17(27)24-9(2)23-16/h2*6-8,10,12H,3-5H2,1-2H3,(H,23,24,27)/t2*12-/m10/s1. The third kappa shape index (κ3) is 7.12. The van der Waals surface area contributed by atoms with Crippen LogP contribution in [0.3, 0.4) is 0 Å². The molecule has 6 aromatic heterocycles. The molecule has 2 saturated carbocycles. The summed E-state index contributed by atoms with van der Waals surface area (Å²) in [6.07, 6.45) is -1.49. The van der Waals surface area contributed by atoms with E-state index in [1.54, 1.807) is 23.2 Å². The minimum Gasteiger partial charge on any atom is -0.310 e. The van der Waals surface area contributed by atoms with Gasteiger partial charge in [-0.3, -0.25) is 19.6 Å². The molecule has 2 N–H and O–H groups in total. The number of fused-ring (bicyclic) bond motifs is 2. The molecule has 0 saturated heterocycles. The van der Waals surface area contributed by atoms with Gasteiger partial charge in [-0.25, -0.2) is 19.3 Å². The van der Waals surface area contributed by atoms with Crippen molar-refractivity contribution in [2.45, 2.75) is 102 Å². The topological polar surface area (TPSA) is 153 Å². The summed E-state index contributed by atoms with van der Waals surface area (Å²) in [6, 6.07) is 4.04. The van der Waals surface area contributed by atoms with Gasteiger partial charge in [-0.2, -0.15) is 36.5 Å². The lowest BCUT2D eigenvalue weighted by atomic mass is 10.1. The van der Waals surface area contributed by atoms with Crippen molar-refractivity contribution in [3.05, 3.63) is 103 Å². The van der Waals surface area contributed by atoms with Crippen LogP contribution in [0, 0.1) is 13.8 Å². The van der Waals surface area contributed by atoms with Gasteiger partial charge in [-0.05, 0) is 75.6 Å². The van der Waals surface area contributed by atoms with E-state index in [4.69, 9.17) is 0 Å². The molecule has 0 unspecified atom stereocenters. The van der Waals surface area contributed by atoms with Gasteiger partial charge in [0.2, 0.25) is 0 Å². The first-order valence-electron chi connectivity index (χ1n) is 17.6. The summed E-state index contributed by atoms with van der Waals surface area (Å²) in [4.78, 5) is 46.4. The van der Waals surface area contributed by atoms with E-state index in [-0.39, 0.29) is 35.0 Å². The first kappa shape index (κ1) is 36.9. The fourth-order valence-corrected chi connectivity index (χ4v) is 6.72. The van der Waals surface area contributed by atoms with E-state index in [2.05, 4.69) is 40.1 Å². The van der Waals surface area contributed by atoms with E-state index in [0.29, 0.717) is 57.7 Å². The van der Waals surface area contributed by atoms with Gasteiger partial charge in [0.15, 0.2) is 11.3 Å². The highest BCUT2D eigenvalue weighted by molar-refractivity contribution is 5.79. The van der Waals surface area contributed by atoms with Gasteiger partial charge in [0.25, 0.3) is 11.1 Å². The molecule has 0 amide bonds. The van der Waals surface area contributed by atoms with Crippen LogP contribution in [0.4, 0.5) is 26.3 Å². The number of pyridine rings is 2. The Balaban J connectivity index is 0.000000167. The number of nitrogens with zero attached hydrogens (tertiary/aromatic N) is 8. The molecule has 6 aromatic rings. The van der Waals surface area contributed by atoms with Crippen molar-refractivity contribution in [1.29, 1.82) is 0 Å². The van der Waals surface area contributed by atoms with Crippen molar-refractivity contribution in [2.24, 2.45) is 0 Å². The molecule has 2 aliphatic carbocycles. The highest BCUT2D eigenvalue weighted by Gasteiger charge is 2.36. The number of alkyl halides is 6. The monoisotopic (exact) mass is 754 g/mol. The number of hydrogen-bond donors (Lipinski definition) is 2. The van der Waals surface area contributed by atoms with Crippen LogP contribution in [0.5, 0.6) is 0 Å². The number of hydrogen-bond acceptors (Lipinski definition) is 8. The van der Waals surface area contributed by atoms with E-state index < -0.39 is 23.7 Å². The molecule has 0 aromatic carbocycles. The van der Waals surface area contributed by atoms with Gasteiger partial charge in [0.1, 0.15) is 33.8 Å². The van der Waals surface area contributed by atoms with Crippen LogP contribution in [0.25, 0.3) is 22.1 Å². The van der Waals surface area contributed by atoms with Crippen molar-refractivity contribution in [2.75, 3.05) is 0 Å². The molecule has 6 heterocycles. The van der Waals surface area contributed by atoms with Gasteiger partial charge in [0, 0.05) is 24.2 Å². The smallest absolute Gasteiger partial charge is 0.310 e. The Morgan fingerprint density at radius 3 is 1.31 bits per heavy atom. The zero-order chi connectivity index (χ0) is 38.7. The molecule has 2 fully saturated rings. The predicted octanol–water partition coefficient (Wildman–Crippen LogP) is 7.44. The van der Waals surface area contributed by atoms with Crippen LogP contribution in [0.2, 0.25) is 0 Å². The lowest BCUT2D eigenvalue weighted by Gasteiger charge is -2.17. The SMILES string of the molecule is CC[C@@H](c1ccc(C(F)(F)F)nc1)n1nc(C2CC2)c2c(=O)[nH]c(C)nc21.CC[C@H](c1ccc(C(F)(F)F)nc1)n1nc(C2CC2)c2c(=O)[nH]c(C)nc21. The van der Waals surface area contributed by atoms with Gasteiger partial charge >= 0.3 is 12.4 Å². The van der Waals surface area contributed by atoms with Crippen molar-refractivity contribution in [1.82, 2.24) is 49.5 Å². The molecule has 8 rings (SSSR count). The molecular formula is C36H36F6N10O2. The maximum Gasteiger partial charge on any atom is 0.433 e. The second-order valence-corrected chi connectivity index (χ2v) is 13.7. The Morgan fingerprint density at radius 2 is 1.04 bits per heavy atom. The maximum absolute atomic E-state index is 12.8. The predicted molar refractivity (Wildman–Crippen MR) is 185 cm³/mol. The molecule has 18 heteroatoms. The molecule has 2 atom stereocenters. The Morgan fingerprint density at radius 1 is 0.667 bits per heavy atom. The van der Waals surface area contributed by atoms with E-state index in [9.17, 15) is 35.9 Å². The summed E-state index contributed by atoms with van der Waals surface area (Å²) in [5.41, 5.74) is 1.22. The number of nitrogens with one attached hydrogen (secondary N) is 2. The minimum atomic E-state index is -4.48. The molecule has 12 nitrogen and oxygen atoms in total. The molecule has 0 spiro atoms. The van der Waals surface area contributed by atoms with Crippen molar-refractivity contribution in [3.8, 4) is 0 Å². The van der Waals surface area contributed by atoms with Crippen LogP contribution < -0.4 is 11.1 Å². The Bertz CT molecular complexity index is 2270. The molecule has 0 bridgehead atoms. The van der Waals surface area contributed by atoms with Crippen LogP contribution in [0.1, 0.15) is 122 Å². The van der Waals surface area contributed by atoms with E-state index in [1.807, 2.05) is 13.8 Å². The zero-order valence-corrected chi connectivity index (χ0v) is 29.7. The highest BCUT2D eigenvalue weighted by Crippen LogP contribution is 2.43. The fraction of sp³-hybridized carbons (Fsp3) is 0.444. The third-order valence-corrected chi connectivity index (χ3v) is 9.63. The Kier molecular flexibility index (Phi) is 9.42. The van der Waals surface area contributed by atoms with Gasteiger partial charge in [-0.15, -0.1) is 0 Å². The number of aromatic nitrogens is 10. The summed E-state index contributed by atoms with van der Waals surface area (Å²) in [5.74, 6) is 1.41. The number of halogens is 6. The van der Waals surface area contributed by atoms with E-state index in [1.165, 1.54) is 24.5 Å². The number of aromatic amines is 2. The van der Waals surface area contributed by atoms with Gasteiger partial charge in [0.05, 0.1) is 23.5 Å². The molecule has 284 valence electrons. The summed E-state index contributed by atoms with van der Waals surface area (Å²) < 4.78 is 80.1. The van der Waals surface area contributed by atoms with Crippen molar-refractivity contribution >= 4 is 22.1 Å². The highest BCUT2D eigenvalue weighted by atomic mass is 19.4. The summed E-state index contributed by atoms with van der Waals surface area (Å²) >= 11 is 0. The van der Waals surface area contributed by atoms with Crippen molar-refractivity contribution in [3.63, 3.8) is 0 Å². The lowest BCUT2D eigenvalue weighted by Crippen LogP contribution is -2.16. The Hall–Kier alpha value is -5.42. The summed E-state index contributed by atoms with van der Waals surface area (Å²) in [5, 5.41) is 10.3. The van der Waals surface area contributed by atoms with Crippen LogP contribution in [0.15, 0.2) is 46.2 Å². The molecule has 0 aliphatic heterocycles. The number of rotatable bonds is 8. The van der Waals surface area contributed by atoms with Crippen LogP contribution >= 0.6 is 0 Å². The molecule has 2 aliphatic rings. The minimum absolute atomic E-state index is 0.231. The zero-order valence-electron chi connectivity index (χ0n) is 29.7. The van der Waals surface area contributed by atoms with E-state index >= 15 is 0 Å². The summed E-state index contributed by atoms with van der Waals surface area (Å²) in [7, 11) is 0. The van der Waals surface area contributed by atoms with Crippen LogP contribution in [-0.2, 0) is 12.4 Å². The first-order valence-corrected chi connectivity index (χ1v) is 17.6. The first-order chi connectivity index (χ1) is 25.6. The molecule has 0 radical (unpaired) electrons. The average Bonchev–Trinajstić information content (AvgIpc) is 4.05. The number of H-pyrrole nitrogens is 2. The lowest BCUT2D eigenvalue weighted by molar-refractivity contribution is -0.142. The third-order valence-electron chi connectivity index (χ3n) is 9.63. The second-order valence-electron chi connectivity index (χ2n) is 13.7. The average molecular weight is 755 g/mol. The normalized spacial score (nSPS) is 16.0. The number of aryl methyl sites for hydroxylation is 2. The van der Waals surface area contributed by atoms with Gasteiger partial charge < -0.3 is 9.97 Å². The molecule has 54 heavy (non-hydrogen) atoms. The molecular weight excluding hydrogens is 718 g/mol.